The molecule has 0 aromatic carbocycles. The average molecular weight is 343 g/mol. The number of nitrogens with zero attached hydrogens (tertiary/aromatic N) is 1. The lowest BCUT2D eigenvalue weighted by molar-refractivity contribution is -0.0449. The molecule has 1 aliphatic heterocycles. The predicted octanol–water partition coefficient (Wildman–Crippen LogP) is -1.49. The molecule has 2 rings (SSSR count). The van der Waals surface area contributed by atoms with Gasteiger partial charge in [0, 0.05) is 12.3 Å². The van der Waals surface area contributed by atoms with Crippen molar-refractivity contribution in [1.82, 2.24) is 9.55 Å². The van der Waals surface area contributed by atoms with Crippen molar-refractivity contribution in [2.75, 3.05) is 6.61 Å². The molecule has 1 aromatic rings. The zero-order valence-corrected chi connectivity index (χ0v) is 12.0. The first kappa shape index (κ1) is 16.4. The van der Waals surface area contributed by atoms with Gasteiger partial charge in [-0.2, -0.15) is 0 Å². The number of hydrogen-bond donors (Lipinski definition) is 4. The summed E-state index contributed by atoms with van der Waals surface area (Å²) in [6.07, 6.45) is -2.43. The van der Waals surface area contributed by atoms with Gasteiger partial charge < -0.3 is 19.6 Å². The molecular weight excluding hydrogens is 331 g/mol. The molecular formula is C9H12ClN2O8P. The Bertz CT molecular complexity index is 668. The Hall–Kier alpha value is -1.00. The molecule has 2 unspecified atom stereocenters. The molecule has 12 heteroatoms. The van der Waals surface area contributed by atoms with Crippen molar-refractivity contribution in [3.8, 4) is 0 Å². The number of hydrogen-bond acceptors (Lipinski definition) is 6. The summed E-state index contributed by atoms with van der Waals surface area (Å²) >= 11 is 5.94. The molecule has 0 spiro atoms. The van der Waals surface area contributed by atoms with E-state index in [1.165, 1.54) is 0 Å². The fourth-order valence-electron chi connectivity index (χ4n) is 1.86. The topological polar surface area (TPSA) is 151 Å². The van der Waals surface area contributed by atoms with Gasteiger partial charge in [-0.25, -0.2) is 9.36 Å². The van der Waals surface area contributed by atoms with Gasteiger partial charge in [0.2, 0.25) is 0 Å². The lowest BCUT2D eigenvalue weighted by Gasteiger charge is -2.16. The van der Waals surface area contributed by atoms with Gasteiger partial charge in [-0.1, -0.05) is 0 Å². The summed E-state index contributed by atoms with van der Waals surface area (Å²) in [7, 11) is -4.72. The first-order chi connectivity index (χ1) is 9.69. The summed E-state index contributed by atoms with van der Waals surface area (Å²) in [5.74, 6) is 0. The SMILES string of the molecule is O=c1ccn([C@H]2O[C@@H](COP(=O)(O)O)C(O)C2Cl)c(=O)[nH]1. The number of aliphatic hydroxyl groups is 1. The van der Waals surface area contributed by atoms with Gasteiger partial charge in [0.1, 0.15) is 17.6 Å². The van der Waals surface area contributed by atoms with Crippen LogP contribution in [0.5, 0.6) is 0 Å². The highest BCUT2D eigenvalue weighted by Crippen LogP contribution is 2.39. The van der Waals surface area contributed by atoms with Crippen molar-refractivity contribution in [2.45, 2.75) is 23.8 Å². The molecule has 0 aliphatic carbocycles. The minimum atomic E-state index is -4.72. The van der Waals surface area contributed by atoms with Gasteiger partial charge in [-0.15, -0.1) is 11.6 Å². The molecule has 10 nitrogen and oxygen atoms in total. The van der Waals surface area contributed by atoms with Crippen LogP contribution < -0.4 is 11.2 Å². The third-order valence-corrected chi connectivity index (χ3v) is 3.79. The summed E-state index contributed by atoms with van der Waals surface area (Å²) < 4.78 is 21.1. The van der Waals surface area contributed by atoms with Crippen molar-refractivity contribution in [2.24, 2.45) is 0 Å². The maximum atomic E-state index is 11.6. The Labute approximate surface area is 122 Å². The van der Waals surface area contributed by atoms with E-state index in [0.717, 1.165) is 16.8 Å². The van der Waals surface area contributed by atoms with E-state index in [0.29, 0.717) is 0 Å². The fraction of sp³-hybridized carbons (Fsp3) is 0.556. The molecule has 1 saturated heterocycles. The van der Waals surface area contributed by atoms with Gasteiger partial charge in [0.15, 0.2) is 6.23 Å². The van der Waals surface area contributed by atoms with E-state index >= 15 is 0 Å². The Morgan fingerprint density at radius 3 is 2.71 bits per heavy atom. The summed E-state index contributed by atoms with van der Waals surface area (Å²) in [6.45, 7) is -0.608. The summed E-state index contributed by atoms with van der Waals surface area (Å²) in [5, 5.41) is 8.78. The predicted molar refractivity (Wildman–Crippen MR) is 68.9 cm³/mol. The summed E-state index contributed by atoms with van der Waals surface area (Å²) in [6, 6.07) is 1.07. The van der Waals surface area contributed by atoms with Crippen molar-refractivity contribution in [1.29, 1.82) is 0 Å². The van der Waals surface area contributed by atoms with Crippen LogP contribution >= 0.6 is 19.4 Å². The Morgan fingerprint density at radius 2 is 2.14 bits per heavy atom. The normalized spacial score (nSPS) is 29.7. The molecule has 4 atom stereocenters. The average Bonchev–Trinajstić information content (AvgIpc) is 2.64. The van der Waals surface area contributed by atoms with E-state index in [2.05, 4.69) is 4.52 Å². The minimum Gasteiger partial charge on any atom is -0.389 e. The number of ether oxygens (including phenoxy) is 1. The highest BCUT2D eigenvalue weighted by molar-refractivity contribution is 7.46. The van der Waals surface area contributed by atoms with Crippen LogP contribution in [0.4, 0.5) is 0 Å². The lowest BCUT2D eigenvalue weighted by Crippen LogP contribution is -2.35. The maximum absolute atomic E-state index is 11.6. The number of nitrogens with one attached hydrogen (secondary N) is 1. The number of phosphoric acid groups is 1. The number of phosphoric ester groups is 1. The first-order valence-corrected chi connectivity index (χ1v) is 7.65. The second kappa shape index (κ2) is 6.01. The molecule has 0 bridgehead atoms. The Balaban J connectivity index is 2.18. The van der Waals surface area contributed by atoms with Gasteiger partial charge in [-0.3, -0.25) is 18.9 Å². The maximum Gasteiger partial charge on any atom is 0.469 e. The quantitative estimate of drug-likeness (QED) is 0.381. The first-order valence-electron chi connectivity index (χ1n) is 5.68. The Kier molecular flexibility index (Phi) is 4.69. The van der Waals surface area contributed by atoms with Crippen molar-refractivity contribution in [3.05, 3.63) is 33.1 Å². The van der Waals surface area contributed by atoms with E-state index < -0.39 is 49.5 Å². The molecule has 118 valence electrons. The highest BCUT2D eigenvalue weighted by Gasteiger charge is 2.44. The standard InChI is InChI=1S/C9H12ClN2O8P/c10-6-7(14)4(3-19-21(16,17)18)20-8(6)12-2-1-5(13)11-9(12)15/h1-2,4,6-8,14H,3H2,(H,11,13,15)(H2,16,17,18)/t4-,6?,7?,8-/m0/s1. The van der Waals surface area contributed by atoms with E-state index in [1.54, 1.807) is 0 Å². The minimum absolute atomic E-state index is 0.608. The van der Waals surface area contributed by atoms with E-state index in [4.69, 9.17) is 26.1 Å². The smallest absolute Gasteiger partial charge is 0.389 e. The van der Waals surface area contributed by atoms with Crippen LogP contribution in [0.3, 0.4) is 0 Å². The molecule has 1 aromatic heterocycles. The van der Waals surface area contributed by atoms with Crippen LogP contribution in [0, 0.1) is 0 Å². The Morgan fingerprint density at radius 1 is 1.48 bits per heavy atom. The second-order valence-electron chi connectivity index (χ2n) is 4.30. The van der Waals surface area contributed by atoms with Crippen LogP contribution in [0.15, 0.2) is 21.9 Å². The van der Waals surface area contributed by atoms with Gasteiger partial charge in [-0.05, 0) is 0 Å². The number of aromatic nitrogens is 2. The van der Waals surface area contributed by atoms with Crippen molar-refractivity contribution >= 4 is 19.4 Å². The van der Waals surface area contributed by atoms with E-state index in [9.17, 15) is 19.3 Å². The fourth-order valence-corrected chi connectivity index (χ4v) is 2.55. The molecule has 1 aliphatic rings. The van der Waals surface area contributed by atoms with Gasteiger partial charge in [0.05, 0.1) is 6.61 Å². The highest BCUT2D eigenvalue weighted by atomic mass is 35.5. The third-order valence-electron chi connectivity index (χ3n) is 2.83. The van der Waals surface area contributed by atoms with Crippen LogP contribution in [0.25, 0.3) is 0 Å². The van der Waals surface area contributed by atoms with E-state index in [-0.39, 0.29) is 0 Å². The van der Waals surface area contributed by atoms with Crippen LogP contribution in [-0.2, 0) is 13.8 Å². The number of alkyl halides is 1. The zero-order valence-electron chi connectivity index (χ0n) is 10.3. The number of aromatic amines is 1. The number of rotatable bonds is 4. The zero-order chi connectivity index (χ0) is 15.8. The molecule has 0 saturated carbocycles. The molecule has 0 radical (unpaired) electrons. The molecule has 2 heterocycles. The summed E-state index contributed by atoms with van der Waals surface area (Å²) in [4.78, 5) is 41.8. The van der Waals surface area contributed by atoms with Crippen molar-refractivity contribution < 1.29 is 28.7 Å². The van der Waals surface area contributed by atoms with Crippen LogP contribution in [-0.4, -0.2) is 48.6 Å². The van der Waals surface area contributed by atoms with Gasteiger partial charge in [0.25, 0.3) is 5.56 Å². The second-order valence-corrected chi connectivity index (χ2v) is 6.05. The number of halogens is 1. The molecule has 4 N–H and O–H groups in total. The summed E-state index contributed by atoms with van der Waals surface area (Å²) in [5.41, 5.74) is -1.40. The monoisotopic (exact) mass is 342 g/mol. The van der Waals surface area contributed by atoms with E-state index in [1.807, 2.05) is 4.98 Å². The molecule has 0 amide bonds. The van der Waals surface area contributed by atoms with Crippen LogP contribution in [0.2, 0.25) is 0 Å². The molecule has 21 heavy (non-hydrogen) atoms. The number of H-pyrrole nitrogens is 1. The third kappa shape index (κ3) is 3.80. The number of aliphatic hydroxyl groups excluding tert-OH is 1. The van der Waals surface area contributed by atoms with Crippen molar-refractivity contribution in [3.63, 3.8) is 0 Å². The molecule has 1 fully saturated rings. The van der Waals surface area contributed by atoms with Gasteiger partial charge >= 0.3 is 13.5 Å². The lowest BCUT2D eigenvalue weighted by atomic mass is 10.2. The van der Waals surface area contributed by atoms with Crippen LogP contribution in [0.1, 0.15) is 6.23 Å². The largest absolute Gasteiger partial charge is 0.469 e.